The van der Waals surface area contributed by atoms with E-state index in [1.807, 2.05) is 6.92 Å². The van der Waals surface area contributed by atoms with Gasteiger partial charge in [0.25, 0.3) is 0 Å². The minimum absolute atomic E-state index is 0.261. The van der Waals surface area contributed by atoms with Gasteiger partial charge in [-0.25, -0.2) is 4.39 Å². The average Bonchev–Trinajstić information content (AvgIpc) is 2.11. The maximum Gasteiger partial charge on any atom is 0.123 e. The molecule has 0 fully saturated rings. The lowest BCUT2D eigenvalue weighted by Gasteiger charge is -2.10. The summed E-state index contributed by atoms with van der Waals surface area (Å²) in [6.07, 6.45) is 1.25. The van der Waals surface area contributed by atoms with Crippen LogP contribution in [0.3, 0.4) is 0 Å². The molecule has 0 heterocycles. The summed E-state index contributed by atoms with van der Waals surface area (Å²) in [5.41, 5.74) is 0. The van der Waals surface area contributed by atoms with E-state index in [1.165, 1.54) is 0 Å². The summed E-state index contributed by atoms with van der Waals surface area (Å²) < 4.78 is 17.8. The minimum atomic E-state index is -1.08. The Morgan fingerprint density at radius 3 is 2.67 bits per heavy atom. The third-order valence-corrected chi connectivity index (χ3v) is 1.84. The molecular formula is C9H19FO2. The number of aliphatic hydroxyl groups excluding tert-OH is 1. The third kappa shape index (κ3) is 6.55. The van der Waals surface area contributed by atoms with E-state index in [9.17, 15) is 4.39 Å². The lowest BCUT2D eigenvalue weighted by atomic mass is 10.2. The van der Waals surface area contributed by atoms with Crippen LogP contribution in [0.2, 0.25) is 0 Å². The van der Waals surface area contributed by atoms with Crippen molar-refractivity contribution in [2.75, 3.05) is 13.2 Å². The average molecular weight is 178 g/mol. The lowest BCUT2D eigenvalue weighted by Crippen LogP contribution is -2.11. The smallest absolute Gasteiger partial charge is 0.123 e. The number of ether oxygens (including phenoxy) is 1. The van der Waals surface area contributed by atoms with E-state index in [-0.39, 0.29) is 12.7 Å². The summed E-state index contributed by atoms with van der Waals surface area (Å²) in [5, 5.41) is 8.37. The molecule has 0 rings (SSSR count). The molecule has 0 radical (unpaired) electrons. The highest BCUT2D eigenvalue weighted by molar-refractivity contribution is 4.53. The van der Waals surface area contributed by atoms with Gasteiger partial charge in [-0.15, -0.1) is 0 Å². The Balaban J connectivity index is 3.10. The van der Waals surface area contributed by atoms with E-state index in [2.05, 4.69) is 6.92 Å². The van der Waals surface area contributed by atoms with Crippen molar-refractivity contribution in [3.05, 3.63) is 0 Å². The molecule has 0 aromatic carbocycles. The van der Waals surface area contributed by atoms with Crippen LogP contribution in [0.25, 0.3) is 0 Å². The van der Waals surface area contributed by atoms with E-state index in [4.69, 9.17) is 9.84 Å². The van der Waals surface area contributed by atoms with Crippen molar-refractivity contribution in [3.63, 3.8) is 0 Å². The number of halogens is 1. The zero-order chi connectivity index (χ0) is 9.40. The van der Waals surface area contributed by atoms with Gasteiger partial charge in [-0.3, -0.25) is 0 Å². The van der Waals surface area contributed by atoms with Crippen LogP contribution in [0, 0.1) is 0 Å². The number of hydrogen-bond donors (Lipinski definition) is 1. The molecule has 74 valence electrons. The maximum absolute atomic E-state index is 12.4. The first-order valence-electron chi connectivity index (χ1n) is 4.57. The highest BCUT2D eigenvalue weighted by Gasteiger charge is 2.04. The molecule has 0 aromatic heterocycles. The largest absolute Gasteiger partial charge is 0.393 e. The van der Waals surface area contributed by atoms with Gasteiger partial charge in [-0.2, -0.15) is 0 Å². The van der Waals surface area contributed by atoms with Gasteiger partial charge >= 0.3 is 0 Å². The Labute approximate surface area is 73.7 Å². The molecule has 0 spiro atoms. The van der Waals surface area contributed by atoms with Gasteiger partial charge in [0.1, 0.15) is 6.17 Å². The second-order valence-electron chi connectivity index (χ2n) is 3.01. The summed E-state index contributed by atoms with van der Waals surface area (Å²) in [6, 6.07) is 0. The van der Waals surface area contributed by atoms with E-state index in [0.29, 0.717) is 19.4 Å². The second kappa shape index (κ2) is 7.50. The maximum atomic E-state index is 12.4. The molecule has 2 atom stereocenters. The molecule has 0 saturated heterocycles. The van der Waals surface area contributed by atoms with Gasteiger partial charge in [0.05, 0.1) is 12.7 Å². The predicted octanol–water partition coefficient (Wildman–Crippen LogP) is 1.91. The van der Waals surface area contributed by atoms with Crippen LogP contribution >= 0.6 is 0 Å². The summed E-state index contributed by atoms with van der Waals surface area (Å²) in [5.74, 6) is 0. The van der Waals surface area contributed by atoms with Crippen LogP contribution in [0.15, 0.2) is 0 Å². The SMILES string of the molecule is CCC(C)OCCCC(F)CO. The van der Waals surface area contributed by atoms with Crippen molar-refractivity contribution in [1.29, 1.82) is 0 Å². The monoisotopic (exact) mass is 178 g/mol. The van der Waals surface area contributed by atoms with Crippen molar-refractivity contribution >= 4 is 0 Å². The third-order valence-electron chi connectivity index (χ3n) is 1.84. The molecular weight excluding hydrogens is 159 g/mol. The number of alkyl halides is 1. The second-order valence-corrected chi connectivity index (χ2v) is 3.01. The first-order valence-corrected chi connectivity index (χ1v) is 4.57. The molecule has 3 heteroatoms. The summed E-state index contributed by atoms with van der Waals surface area (Å²) >= 11 is 0. The van der Waals surface area contributed by atoms with Gasteiger partial charge in [-0.05, 0) is 26.2 Å². The minimum Gasteiger partial charge on any atom is -0.393 e. The molecule has 2 nitrogen and oxygen atoms in total. The van der Waals surface area contributed by atoms with Gasteiger partial charge in [-0.1, -0.05) is 6.92 Å². The van der Waals surface area contributed by atoms with E-state index >= 15 is 0 Å². The Kier molecular flexibility index (Phi) is 7.40. The Bertz CT molecular complexity index is 86.5. The summed E-state index contributed by atoms with van der Waals surface area (Å²) in [7, 11) is 0. The molecule has 2 unspecified atom stereocenters. The Morgan fingerprint density at radius 1 is 1.50 bits per heavy atom. The molecule has 0 aromatic rings. The quantitative estimate of drug-likeness (QED) is 0.603. The highest BCUT2D eigenvalue weighted by Crippen LogP contribution is 2.03. The zero-order valence-electron chi connectivity index (χ0n) is 7.92. The fraction of sp³-hybridized carbons (Fsp3) is 1.00. The Morgan fingerprint density at radius 2 is 2.17 bits per heavy atom. The number of hydrogen-bond acceptors (Lipinski definition) is 2. The van der Waals surface area contributed by atoms with Crippen molar-refractivity contribution in [1.82, 2.24) is 0 Å². The van der Waals surface area contributed by atoms with Crippen molar-refractivity contribution in [2.24, 2.45) is 0 Å². The van der Waals surface area contributed by atoms with Gasteiger partial charge in [0.15, 0.2) is 0 Å². The van der Waals surface area contributed by atoms with Crippen LogP contribution in [0.1, 0.15) is 33.1 Å². The fourth-order valence-corrected chi connectivity index (χ4v) is 0.798. The molecule has 0 bridgehead atoms. The molecule has 0 aliphatic carbocycles. The molecule has 0 aliphatic heterocycles. The van der Waals surface area contributed by atoms with Crippen molar-refractivity contribution in [3.8, 4) is 0 Å². The van der Waals surface area contributed by atoms with Crippen LogP contribution in [0.5, 0.6) is 0 Å². The van der Waals surface area contributed by atoms with Crippen molar-refractivity contribution < 1.29 is 14.2 Å². The first kappa shape index (κ1) is 11.8. The molecule has 0 amide bonds. The van der Waals surface area contributed by atoms with E-state index in [1.54, 1.807) is 0 Å². The highest BCUT2D eigenvalue weighted by atomic mass is 19.1. The van der Waals surface area contributed by atoms with E-state index < -0.39 is 6.17 Å². The van der Waals surface area contributed by atoms with E-state index in [0.717, 1.165) is 6.42 Å². The van der Waals surface area contributed by atoms with Crippen LogP contribution in [-0.2, 0) is 4.74 Å². The van der Waals surface area contributed by atoms with Gasteiger partial charge < -0.3 is 9.84 Å². The normalized spacial score (nSPS) is 16.0. The zero-order valence-corrected chi connectivity index (χ0v) is 7.92. The number of rotatable bonds is 7. The summed E-state index contributed by atoms with van der Waals surface area (Å²) in [4.78, 5) is 0. The molecule has 0 saturated carbocycles. The molecule has 1 N–H and O–H groups in total. The van der Waals surface area contributed by atoms with Crippen LogP contribution < -0.4 is 0 Å². The topological polar surface area (TPSA) is 29.5 Å². The van der Waals surface area contributed by atoms with Crippen molar-refractivity contribution in [2.45, 2.75) is 45.4 Å². The lowest BCUT2D eigenvalue weighted by molar-refractivity contribution is 0.0548. The van der Waals surface area contributed by atoms with Gasteiger partial charge in [0.2, 0.25) is 0 Å². The Hall–Kier alpha value is -0.150. The predicted molar refractivity (Wildman–Crippen MR) is 46.9 cm³/mol. The molecule has 12 heavy (non-hydrogen) atoms. The number of aliphatic hydroxyl groups is 1. The first-order chi connectivity index (χ1) is 5.70. The summed E-state index contributed by atoms with van der Waals surface area (Å²) in [6.45, 7) is 4.27. The van der Waals surface area contributed by atoms with Gasteiger partial charge in [0, 0.05) is 6.61 Å². The van der Waals surface area contributed by atoms with Crippen LogP contribution in [0.4, 0.5) is 4.39 Å². The van der Waals surface area contributed by atoms with Crippen LogP contribution in [-0.4, -0.2) is 30.6 Å². The standard InChI is InChI=1S/C9H19FO2/c1-3-8(2)12-6-4-5-9(10)7-11/h8-9,11H,3-7H2,1-2H3. The molecule has 0 aliphatic rings. The fourth-order valence-electron chi connectivity index (χ4n) is 0.798.